The van der Waals surface area contributed by atoms with E-state index in [0.29, 0.717) is 18.7 Å². The van der Waals surface area contributed by atoms with Crippen molar-refractivity contribution in [3.8, 4) is 0 Å². The maximum atomic E-state index is 13.2. The summed E-state index contributed by atoms with van der Waals surface area (Å²) in [5.74, 6) is 1.38. The van der Waals surface area contributed by atoms with Gasteiger partial charge in [-0.1, -0.05) is 18.2 Å². The van der Waals surface area contributed by atoms with Crippen LogP contribution in [0, 0.1) is 0 Å². The average molecular weight is 375 g/mol. The number of hydrogen-bond acceptors (Lipinski definition) is 5. The molecule has 1 atom stereocenters. The van der Waals surface area contributed by atoms with Gasteiger partial charge in [-0.3, -0.25) is 4.79 Å². The average Bonchev–Trinajstić information content (AvgIpc) is 3.49. The highest BCUT2D eigenvalue weighted by atomic mass is 16.3. The summed E-state index contributed by atoms with van der Waals surface area (Å²) >= 11 is 0. The van der Waals surface area contributed by atoms with Gasteiger partial charge in [0.2, 0.25) is 0 Å². The van der Waals surface area contributed by atoms with E-state index < -0.39 is 0 Å². The molecule has 142 valence electrons. The number of rotatable bonds is 4. The van der Waals surface area contributed by atoms with Crippen molar-refractivity contribution in [2.24, 2.45) is 5.10 Å². The number of hydrazone groups is 1. The normalized spacial score (nSPS) is 18.9. The second-order valence-corrected chi connectivity index (χ2v) is 7.15. The molecule has 6 nitrogen and oxygen atoms in total. The van der Waals surface area contributed by atoms with E-state index in [9.17, 15) is 4.79 Å². The minimum atomic E-state index is -0.248. The van der Waals surface area contributed by atoms with E-state index in [-0.39, 0.29) is 11.9 Å². The Kier molecular flexibility index (Phi) is 4.24. The molecule has 0 unspecified atom stereocenters. The molecule has 1 aromatic carbocycles. The summed E-state index contributed by atoms with van der Waals surface area (Å²) in [5.41, 5.74) is 3.20. The van der Waals surface area contributed by atoms with Crippen LogP contribution < -0.4 is 4.90 Å². The molecule has 0 N–H and O–H groups in total. The van der Waals surface area contributed by atoms with Gasteiger partial charge in [0.1, 0.15) is 23.3 Å². The topological polar surface area (TPSA) is 62.2 Å². The predicted octanol–water partition coefficient (Wildman–Crippen LogP) is 4.00. The molecular weight excluding hydrogens is 354 g/mol. The van der Waals surface area contributed by atoms with E-state index in [1.54, 1.807) is 17.5 Å². The molecule has 1 amide bonds. The van der Waals surface area contributed by atoms with Crippen LogP contribution in [0.5, 0.6) is 0 Å². The highest BCUT2D eigenvalue weighted by Gasteiger charge is 2.36. The van der Waals surface area contributed by atoms with E-state index in [0.717, 1.165) is 36.5 Å². The van der Waals surface area contributed by atoms with Crippen LogP contribution in [-0.2, 0) is 11.2 Å². The molecule has 0 radical (unpaired) electrons. The number of fused-ring (bicyclic) bond motifs is 1. The van der Waals surface area contributed by atoms with Crippen molar-refractivity contribution in [3.63, 3.8) is 0 Å². The summed E-state index contributed by atoms with van der Waals surface area (Å²) in [4.78, 5) is 15.4. The van der Waals surface area contributed by atoms with E-state index in [1.165, 1.54) is 5.56 Å². The van der Waals surface area contributed by atoms with Crippen molar-refractivity contribution >= 4 is 17.3 Å². The lowest BCUT2D eigenvalue weighted by atomic mass is 10.0. The van der Waals surface area contributed by atoms with Crippen molar-refractivity contribution in [3.05, 3.63) is 78.1 Å². The number of amides is 1. The molecule has 0 bridgehead atoms. The van der Waals surface area contributed by atoms with E-state index >= 15 is 0 Å². The van der Waals surface area contributed by atoms with Crippen molar-refractivity contribution in [2.75, 3.05) is 18.0 Å². The molecule has 28 heavy (non-hydrogen) atoms. The molecule has 0 fully saturated rings. The monoisotopic (exact) mass is 375 g/mol. The summed E-state index contributed by atoms with van der Waals surface area (Å²) in [6.45, 7) is 1.17. The van der Waals surface area contributed by atoms with Gasteiger partial charge in [0, 0.05) is 18.7 Å². The van der Waals surface area contributed by atoms with Crippen molar-refractivity contribution in [2.45, 2.75) is 25.3 Å². The summed E-state index contributed by atoms with van der Waals surface area (Å²) < 4.78 is 11.1. The molecule has 2 aliphatic rings. The zero-order valence-electron chi connectivity index (χ0n) is 15.5. The van der Waals surface area contributed by atoms with Crippen LogP contribution >= 0.6 is 0 Å². The van der Waals surface area contributed by atoms with Gasteiger partial charge in [0.05, 0.1) is 19.1 Å². The minimum Gasteiger partial charge on any atom is -0.467 e. The van der Waals surface area contributed by atoms with Gasteiger partial charge in [-0.25, -0.2) is 5.01 Å². The Morgan fingerprint density at radius 1 is 1.07 bits per heavy atom. The first kappa shape index (κ1) is 16.9. The maximum absolute atomic E-state index is 13.2. The van der Waals surface area contributed by atoms with Gasteiger partial charge >= 0.3 is 0 Å². The molecule has 6 heteroatoms. The fourth-order valence-corrected chi connectivity index (χ4v) is 4.05. The Labute approximate surface area is 163 Å². The number of nitrogens with zero attached hydrogens (tertiary/aromatic N) is 3. The number of carbonyl (C=O) groups is 1. The Morgan fingerprint density at radius 3 is 2.75 bits per heavy atom. The number of para-hydroxylation sites is 1. The van der Waals surface area contributed by atoms with Crippen LogP contribution in [0.4, 0.5) is 5.69 Å². The Hall–Kier alpha value is -3.28. The lowest BCUT2D eigenvalue weighted by molar-refractivity contribution is -0.131. The Morgan fingerprint density at radius 2 is 1.93 bits per heavy atom. The molecule has 0 saturated carbocycles. The predicted molar refractivity (Wildman–Crippen MR) is 105 cm³/mol. The van der Waals surface area contributed by atoms with Gasteiger partial charge in [-0.15, -0.1) is 0 Å². The third-order valence-corrected chi connectivity index (χ3v) is 5.38. The molecule has 4 heterocycles. The summed E-state index contributed by atoms with van der Waals surface area (Å²) in [6.07, 6.45) is 5.93. The summed E-state index contributed by atoms with van der Waals surface area (Å²) in [5, 5.41) is 6.17. The lowest BCUT2D eigenvalue weighted by Crippen LogP contribution is -2.40. The van der Waals surface area contributed by atoms with Crippen molar-refractivity contribution in [1.29, 1.82) is 0 Å². The van der Waals surface area contributed by atoms with Crippen LogP contribution in [0.25, 0.3) is 0 Å². The smallest absolute Gasteiger partial charge is 0.262 e. The number of anilines is 1. The molecular formula is C22H21N3O3. The van der Waals surface area contributed by atoms with Crippen LogP contribution in [0.3, 0.4) is 0 Å². The van der Waals surface area contributed by atoms with Crippen LogP contribution in [0.2, 0.25) is 0 Å². The maximum Gasteiger partial charge on any atom is 0.262 e. The van der Waals surface area contributed by atoms with Gasteiger partial charge in [0.25, 0.3) is 5.91 Å². The summed E-state index contributed by atoms with van der Waals surface area (Å²) in [7, 11) is 0. The second kappa shape index (κ2) is 7.03. The first-order chi connectivity index (χ1) is 13.8. The van der Waals surface area contributed by atoms with Crippen LogP contribution in [-0.4, -0.2) is 29.7 Å². The van der Waals surface area contributed by atoms with Crippen molar-refractivity contribution in [1.82, 2.24) is 5.01 Å². The molecule has 2 aromatic heterocycles. The van der Waals surface area contributed by atoms with Gasteiger partial charge in [0.15, 0.2) is 0 Å². The molecule has 0 saturated heterocycles. The van der Waals surface area contributed by atoms with Crippen LogP contribution in [0.1, 0.15) is 36.0 Å². The first-order valence-electron chi connectivity index (χ1n) is 9.59. The molecule has 2 aliphatic heterocycles. The second-order valence-electron chi connectivity index (χ2n) is 7.15. The first-order valence-corrected chi connectivity index (χ1v) is 9.59. The van der Waals surface area contributed by atoms with Gasteiger partial charge in [-0.05, 0) is 48.7 Å². The molecule has 3 aromatic rings. The van der Waals surface area contributed by atoms with Gasteiger partial charge < -0.3 is 13.7 Å². The molecule has 0 spiro atoms. The van der Waals surface area contributed by atoms with Crippen LogP contribution in [0.15, 0.2) is 75.0 Å². The largest absolute Gasteiger partial charge is 0.467 e. The quantitative estimate of drug-likeness (QED) is 0.691. The van der Waals surface area contributed by atoms with E-state index in [1.807, 2.05) is 30.3 Å². The van der Waals surface area contributed by atoms with Crippen molar-refractivity contribution < 1.29 is 13.6 Å². The van der Waals surface area contributed by atoms with E-state index in [4.69, 9.17) is 8.83 Å². The number of carbonyl (C=O) groups excluding carboxylic acids is 1. The number of benzene rings is 1. The fourth-order valence-electron chi connectivity index (χ4n) is 4.05. The standard InChI is InChI=1S/C22H21N3O3/c26-22(15-24-11-3-7-16-6-1-2-8-18(16)24)25-19(21-10-5-13-28-21)14-17(23-25)20-9-4-12-27-20/h1-2,4-6,8-10,12-13,19H,3,7,11,14-15H2/t19-/m0/s1. The third-order valence-electron chi connectivity index (χ3n) is 5.38. The zero-order chi connectivity index (χ0) is 18.9. The molecule has 5 rings (SSSR count). The third kappa shape index (κ3) is 3.01. The van der Waals surface area contributed by atoms with Gasteiger partial charge in [-0.2, -0.15) is 5.10 Å². The van der Waals surface area contributed by atoms with E-state index in [2.05, 4.69) is 28.2 Å². The Bertz CT molecular complexity index is 992. The summed E-state index contributed by atoms with van der Waals surface area (Å²) in [6, 6.07) is 15.5. The Balaban J connectivity index is 1.42. The highest BCUT2D eigenvalue weighted by Crippen LogP contribution is 2.34. The minimum absolute atomic E-state index is 0.0420. The zero-order valence-corrected chi connectivity index (χ0v) is 15.5. The number of hydrogen-bond donors (Lipinski definition) is 0. The molecule has 0 aliphatic carbocycles. The SMILES string of the molecule is O=C(CN1CCCc2ccccc21)N1N=C(c2ccco2)C[C@H]1c1ccco1. The highest BCUT2D eigenvalue weighted by molar-refractivity contribution is 6.01. The number of furan rings is 2. The fraction of sp³-hybridized carbons (Fsp3) is 0.273. The number of aryl methyl sites for hydroxylation is 1. The lowest BCUT2D eigenvalue weighted by Gasteiger charge is -2.32.